The summed E-state index contributed by atoms with van der Waals surface area (Å²) < 4.78 is 0. The van der Waals surface area contributed by atoms with Crippen LogP contribution in [0.15, 0.2) is 36.4 Å². The molecule has 1 unspecified atom stereocenters. The molecule has 1 aliphatic carbocycles. The normalized spacial score (nSPS) is 17.4. The summed E-state index contributed by atoms with van der Waals surface area (Å²) in [6.45, 7) is 4.41. The maximum absolute atomic E-state index is 2.34. The summed E-state index contributed by atoms with van der Waals surface area (Å²) >= 11 is 1.91. The molecular formula is C16H16S. The standard InChI is InChI=1S/C16H16S/c1-3-12-5-4-6-14-13(12)8-9-15(14)16-10-7-11(2)17-16/h4-10,15H,3H2,1-2H3. The molecule has 1 heterocycles. The minimum absolute atomic E-state index is 0.482. The molecule has 0 aliphatic heterocycles. The predicted octanol–water partition coefficient (Wildman–Crippen LogP) is 4.78. The van der Waals surface area contributed by atoms with Crippen LogP contribution in [-0.4, -0.2) is 0 Å². The van der Waals surface area contributed by atoms with Gasteiger partial charge in [0.25, 0.3) is 0 Å². The molecule has 1 atom stereocenters. The van der Waals surface area contributed by atoms with Crippen LogP contribution in [0.25, 0.3) is 6.08 Å². The number of aryl methyl sites for hydroxylation is 2. The van der Waals surface area contributed by atoms with Crippen molar-refractivity contribution in [1.29, 1.82) is 0 Å². The third-order valence-corrected chi connectivity index (χ3v) is 4.55. The molecule has 3 rings (SSSR count). The molecule has 0 saturated carbocycles. The Morgan fingerprint density at radius 2 is 2.06 bits per heavy atom. The van der Waals surface area contributed by atoms with Crippen molar-refractivity contribution in [2.24, 2.45) is 0 Å². The molecule has 0 saturated heterocycles. The molecule has 86 valence electrons. The van der Waals surface area contributed by atoms with Gasteiger partial charge in [0.2, 0.25) is 0 Å². The fraction of sp³-hybridized carbons (Fsp3) is 0.250. The van der Waals surface area contributed by atoms with Crippen LogP contribution in [0.4, 0.5) is 0 Å². The zero-order valence-corrected chi connectivity index (χ0v) is 11.1. The summed E-state index contributed by atoms with van der Waals surface area (Å²) in [5.41, 5.74) is 4.40. The topological polar surface area (TPSA) is 0 Å². The van der Waals surface area contributed by atoms with Crippen molar-refractivity contribution in [3.8, 4) is 0 Å². The van der Waals surface area contributed by atoms with E-state index in [9.17, 15) is 0 Å². The average molecular weight is 240 g/mol. The van der Waals surface area contributed by atoms with Crippen LogP contribution in [0.2, 0.25) is 0 Å². The average Bonchev–Trinajstić information content (AvgIpc) is 2.94. The summed E-state index contributed by atoms with van der Waals surface area (Å²) in [5.74, 6) is 0.482. The van der Waals surface area contributed by atoms with Gasteiger partial charge in [-0.25, -0.2) is 0 Å². The molecule has 1 aliphatic rings. The second-order valence-electron chi connectivity index (χ2n) is 4.56. The highest BCUT2D eigenvalue weighted by Crippen LogP contribution is 2.39. The van der Waals surface area contributed by atoms with Gasteiger partial charge in [-0.15, -0.1) is 11.3 Å². The van der Waals surface area contributed by atoms with Crippen LogP contribution in [-0.2, 0) is 6.42 Å². The summed E-state index contributed by atoms with van der Waals surface area (Å²) in [6.07, 6.45) is 5.76. The molecule has 0 bridgehead atoms. The first-order chi connectivity index (χ1) is 8.29. The molecule has 0 radical (unpaired) electrons. The van der Waals surface area contributed by atoms with E-state index in [0.29, 0.717) is 5.92 Å². The Labute approximate surface area is 107 Å². The van der Waals surface area contributed by atoms with E-state index in [1.54, 1.807) is 0 Å². The van der Waals surface area contributed by atoms with Gasteiger partial charge in [-0.05, 0) is 42.2 Å². The van der Waals surface area contributed by atoms with Gasteiger partial charge in [0.05, 0.1) is 0 Å². The number of benzene rings is 1. The number of hydrogen-bond donors (Lipinski definition) is 0. The summed E-state index contributed by atoms with van der Waals surface area (Å²) in [6, 6.07) is 11.2. The van der Waals surface area contributed by atoms with Gasteiger partial charge in [0, 0.05) is 15.7 Å². The lowest BCUT2D eigenvalue weighted by Crippen LogP contribution is -1.95. The first-order valence-electron chi connectivity index (χ1n) is 6.16. The molecule has 1 heteroatoms. The van der Waals surface area contributed by atoms with Crippen molar-refractivity contribution in [2.75, 3.05) is 0 Å². The molecule has 0 spiro atoms. The van der Waals surface area contributed by atoms with Gasteiger partial charge in [-0.1, -0.05) is 37.3 Å². The number of fused-ring (bicyclic) bond motifs is 1. The molecule has 0 nitrogen and oxygen atoms in total. The van der Waals surface area contributed by atoms with Crippen molar-refractivity contribution >= 4 is 17.4 Å². The fourth-order valence-electron chi connectivity index (χ4n) is 2.58. The number of thiophene rings is 1. The third kappa shape index (κ3) is 1.75. The van der Waals surface area contributed by atoms with Gasteiger partial charge in [-0.2, -0.15) is 0 Å². The minimum Gasteiger partial charge on any atom is -0.145 e. The zero-order chi connectivity index (χ0) is 11.8. The zero-order valence-electron chi connectivity index (χ0n) is 10.2. The van der Waals surface area contributed by atoms with E-state index < -0.39 is 0 Å². The molecule has 0 amide bonds. The molecule has 2 aromatic rings. The van der Waals surface area contributed by atoms with E-state index in [1.807, 2.05) is 11.3 Å². The maximum Gasteiger partial charge on any atom is 0.0373 e. The summed E-state index contributed by atoms with van der Waals surface area (Å²) in [4.78, 5) is 2.86. The van der Waals surface area contributed by atoms with E-state index in [-0.39, 0.29) is 0 Å². The van der Waals surface area contributed by atoms with E-state index in [2.05, 4.69) is 56.3 Å². The van der Waals surface area contributed by atoms with Crippen molar-refractivity contribution in [1.82, 2.24) is 0 Å². The monoisotopic (exact) mass is 240 g/mol. The van der Waals surface area contributed by atoms with Crippen molar-refractivity contribution < 1.29 is 0 Å². The predicted molar refractivity (Wildman–Crippen MR) is 75.8 cm³/mol. The Bertz CT molecular complexity index is 575. The second-order valence-corrected chi connectivity index (χ2v) is 5.88. The van der Waals surface area contributed by atoms with Gasteiger partial charge >= 0.3 is 0 Å². The number of allylic oxidation sites excluding steroid dienone is 1. The van der Waals surface area contributed by atoms with Gasteiger partial charge < -0.3 is 0 Å². The third-order valence-electron chi connectivity index (χ3n) is 3.47. The first-order valence-corrected chi connectivity index (χ1v) is 6.97. The van der Waals surface area contributed by atoms with E-state index in [0.717, 1.165) is 6.42 Å². The maximum atomic E-state index is 2.34. The lowest BCUT2D eigenvalue weighted by molar-refractivity contribution is 1.06. The molecule has 1 aromatic heterocycles. The van der Waals surface area contributed by atoms with Gasteiger partial charge in [0.15, 0.2) is 0 Å². The largest absolute Gasteiger partial charge is 0.145 e. The SMILES string of the molecule is CCc1cccc2c1C=CC2c1ccc(C)s1. The highest BCUT2D eigenvalue weighted by Gasteiger charge is 2.21. The van der Waals surface area contributed by atoms with Gasteiger partial charge in [-0.3, -0.25) is 0 Å². The van der Waals surface area contributed by atoms with Crippen LogP contribution >= 0.6 is 11.3 Å². The van der Waals surface area contributed by atoms with Crippen LogP contribution in [0, 0.1) is 6.92 Å². The van der Waals surface area contributed by atoms with E-state index >= 15 is 0 Å². The van der Waals surface area contributed by atoms with Crippen LogP contribution < -0.4 is 0 Å². The van der Waals surface area contributed by atoms with E-state index in [4.69, 9.17) is 0 Å². The number of hydrogen-bond acceptors (Lipinski definition) is 1. The Morgan fingerprint density at radius 3 is 2.76 bits per heavy atom. The van der Waals surface area contributed by atoms with Crippen molar-refractivity contribution in [2.45, 2.75) is 26.2 Å². The van der Waals surface area contributed by atoms with Crippen molar-refractivity contribution in [3.63, 3.8) is 0 Å². The highest BCUT2D eigenvalue weighted by molar-refractivity contribution is 7.12. The smallest absolute Gasteiger partial charge is 0.0373 e. The van der Waals surface area contributed by atoms with Gasteiger partial charge in [0.1, 0.15) is 0 Å². The molecule has 0 fully saturated rings. The van der Waals surface area contributed by atoms with Crippen molar-refractivity contribution in [3.05, 3.63) is 62.9 Å². The fourth-order valence-corrected chi connectivity index (χ4v) is 3.56. The molecule has 17 heavy (non-hydrogen) atoms. The first kappa shape index (κ1) is 10.8. The minimum atomic E-state index is 0.482. The molecule has 1 aromatic carbocycles. The Morgan fingerprint density at radius 1 is 1.18 bits per heavy atom. The Kier molecular flexibility index (Phi) is 2.64. The quantitative estimate of drug-likeness (QED) is 0.709. The summed E-state index contributed by atoms with van der Waals surface area (Å²) in [7, 11) is 0. The lowest BCUT2D eigenvalue weighted by Gasteiger charge is -2.11. The van der Waals surface area contributed by atoms with E-state index in [1.165, 1.54) is 26.4 Å². The summed E-state index contributed by atoms with van der Waals surface area (Å²) in [5, 5.41) is 0. The lowest BCUT2D eigenvalue weighted by atomic mass is 9.95. The second kappa shape index (κ2) is 4.15. The Hall–Kier alpha value is -1.34. The van der Waals surface area contributed by atoms with Crippen LogP contribution in [0.3, 0.4) is 0 Å². The Balaban J connectivity index is 2.08. The highest BCUT2D eigenvalue weighted by atomic mass is 32.1. The molecular weight excluding hydrogens is 224 g/mol. The van der Waals surface area contributed by atoms with Crippen LogP contribution in [0.1, 0.15) is 39.3 Å². The molecule has 0 N–H and O–H groups in total. The number of rotatable bonds is 2. The van der Waals surface area contributed by atoms with Crippen LogP contribution in [0.5, 0.6) is 0 Å².